The molecule has 2 aliphatic rings. The maximum atomic E-state index is 12.1. The van der Waals surface area contributed by atoms with Gasteiger partial charge in [0.05, 0.1) is 17.2 Å². The van der Waals surface area contributed by atoms with Gasteiger partial charge in [0.1, 0.15) is 6.29 Å². The van der Waals surface area contributed by atoms with Crippen LogP contribution in [0.5, 0.6) is 0 Å². The zero-order chi connectivity index (χ0) is 21.7. The number of hydrogen-bond acceptors (Lipinski definition) is 5. The maximum Gasteiger partial charge on any atom is 0.140 e. The van der Waals surface area contributed by atoms with E-state index in [0.717, 1.165) is 70.6 Å². The van der Waals surface area contributed by atoms with Gasteiger partial charge in [-0.3, -0.25) is 9.80 Å². The van der Waals surface area contributed by atoms with Crippen molar-refractivity contribution in [3.63, 3.8) is 0 Å². The van der Waals surface area contributed by atoms with Gasteiger partial charge >= 0.3 is 0 Å². The minimum atomic E-state index is -0.363. The third-order valence-corrected chi connectivity index (χ3v) is 7.15. The van der Waals surface area contributed by atoms with Crippen molar-refractivity contribution in [2.45, 2.75) is 37.8 Å². The van der Waals surface area contributed by atoms with Crippen LogP contribution in [-0.2, 0) is 17.8 Å². The van der Waals surface area contributed by atoms with Gasteiger partial charge in [-0.25, -0.2) is 0 Å². The van der Waals surface area contributed by atoms with Crippen molar-refractivity contribution in [2.24, 2.45) is 0 Å². The topological polar surface area (TPSA) is 50.6 Å². The lowest BCUT2D eigenvalue weighted by molar-refractivity contribution is -0.119. The van der Waals surface area contributed by atoms with Crippen molar-refractivity contribution in [3.8, 4) is 6.07 Å². The first-order chi connectivity index (χ1) is 15.1. The van der Waals surface area contributed by atoms with Crippen LogP contribution in [-0.4, -0.2) is 61.4 Å². The molecule has 0 aromatic heterocycles. The monoisotopic (exact) mass is 416 g/mol. The van der Waals surface area contributed by atoms with Gasteiger partial charge in [-0.15, -0.1) is 0 Å². The average Bonchev–Trinajstić information content (AvgIpc) is 2.84. The summed E-state index contributed by atoms with van der Waals surface area (Å²) >= 11 is 0. The van der Waals surface area contributed by atoms with Crippen LogP contribution in [0, 0.1) is 11.3 Å². The molecule has 0 aliphatic carbocycles. The molecule has 2 aliphatic heterocycles. The number of carbonyl (C=O) groups is 1. The fourth-order valence-electron chi connectivity index (χ4n) is 4.99. The highest BCUT2D eigenvalue weighted by atomic mass is 16.1. The SMILES string of the molecule is CN(CCCN1CCc2ccccc2C1)C1(C=O)CCN(c2ccc(C#N)cc2)CC1. The van der Waals surface area contributed by atoms with Gasteiger partial charge in [0, 0.05) is 38.4 Å². The van der Waals surface area contributed by atoms with Gasteiger partial charge in [-0.2, -0.15) is 5.26 Å². The van der Waals surface area contributed by atoms with E-state index in [0.29, 0.717) is 5.56 Å². The van der Waals surface area contributed by atoms with Gasteiger partial charge in [0.25, 0.3) is 0 Å². The molecule has 2 heterocycles. The van der Waals surface area contributed by atoms with Crippen molar-refractivity contribution in [1.82, 2.24) is 9.80 Å². The van der Waals surface area contributed by atoms with E-state index in [1.54, 1.807) is 0 Å². The Labute approximate surface area is 185 Å². The number of rotatable bonds is 7. The van der Waals surface area contributed by atoms with Crippen LogP contribution >= 0.6 is 0 Å². The normalized spacial score (nSPS) is 18.4. The summed E-state index contributed by atoms with van der Waals surface area (Å²) < 4.78 is 0. The second-order valence-electron chi connectivity index (χ2n) is 8.94. The van der Waals surface area contributed by atoms with Gasteiger partial charge in [0.15, 0.2) is 0 Å². The van der Waals surface area contributed by atoms with E-state index in [2.05, 4.69) is 52.1 Å². The number of nitrogens with zero attached hydrogens (tertiary/aromatic N) is 4. The first-order valence-corrected chi connectivity index (χ1v) is 11.4. The molecule has 0 atom stereocenters. The van der Waals surface area contributed by atoms with Crippen molar-refractivity contribution >= 4 is 12.0 Å². The Morgan fingerprint density at radius 3 is 2.45 bits per heavy atom. The lowest BCUT2D eigenvalue weighted by Gasteiger charge is -2.44. The van der Waals surface area contributed by atoms with E-state index in [4.69, 9.17) is 5.26 Å². The van der Waals surface area contributed by atoms with Crippen LogP contribution in [0.25, 0.3) is 0 Å². The van der Waals surface area contributed by atoms with Crippen LogP contribution in [0.1, 0.15) is 36.0 Å². The lowest BCUT2D eigenvalue weighted by atomic mass is 9.87. The van der Waals surface area contributed by atoms with Crippen molar-refractivity contribution in [2.75, 3.05) is 44.7 Å². The first-order valence-electron chi connectivity index (χ1n) is 11.4. The molecule has 0 spiro atoms. The quantitative estimate of drug-likeness (QED) is 0.647. The Morgan fingerprint density at radius 2 is 1.77 bits per heavy atom. The zero-order valence-corrected chi connectivity index (χ0v) is 18.5. The Morgan fingerprint density at radius 1 is 1.06 bits per heavy atom. The Kier molecular flexibility index (Phi) is 6.70. The van der Waals surface area contributed by atoms with Crippen LogP contribution in [0.15, 0.2) is 48.5 Å². The molecule has 0 N–H and O–H groups in total. The van der Waals surface area contributed by atoms with Crippen molar-refractivity contribution in [3.05, 3.63) is 65.2 Å². The second kappa shape index (κ2) is 9.64. The van der Waals surface area contributed by atoms with E-state index in [-0.39, 0.29) is 5.54 Å². The Balaban J connectivity index is 1.27. The van der Waals surface area contributed by atoms with Gasteiger partial charge in [0.2, 0.25) is 0 Å². The highest BCUT2D eigenvalue weighted by molar-refractivity contribution is 5.65. The predicted molar refractivity (Wildman–Crippen MR) is 124 cm³/mol. The first kappa shape index (κ1) is 21.5. The smallest absolute Gasteiger partial charge is 0.140 e. The molecule has 2 aromatic carbocycles. The number of anilines is 1. The number of likely N-dealkylation sites (N-methyl/N-ethyl adjacent to an activating group) is 1. The van der Waals surface area contributed by atoms with E-state index in [9.17, 15) is 4.79 Å². The van der Waals surface area contributed by atoms with Crippen LogP contribution in [0.3, 0.4) is 0 Å². The summed E-state index contributed by atoms with van der Waals surface area (Å²) in [5, 5.41) is 8.99. The van der Waals surface area contributed by atoms with E-state index in [1.165, 1.54) is 17.4 Å². The zero-order valence-electron chi connectivity index (χ0n) is 18.5. The van der Waals surface area contributed by atoms with E-state index in [1.807, 2.05) is 24.3 Å². The molecule has 1 saturated heterocycles. The molecule has 1 fully saturated rings. The highest BCUT2D eigenvalue weighted by Crippen LogP contribution is 2.29. The van der Waals surface area contributed by atoms with Crippen LogP contribution < -0.4 is 4.90 Å². The number of aldehydes is 1. The summed E-state index contributed by atoms with van der Waals surface area (Å²) in [6.45, 7) is 5.89. The molecule has 2 aromatic rings. The van der Waals surface area contributed by atoms with Gasteiger partial charge in [-0.05, 0) is 74.7 Å². The Bertz CT molecular complexity index is 925. The van der Waals surface area contributed by atoms with Gasteiger partial charge < -0.3 is 9.69 Å². The molecule has 0 saturated carbocycles. The predicted octanol–water partition coefficient (Wildman–Crippen LogP) is 3.48. The van der Waals surface area contributed by atoms with Crippen LogP contribution in [0.4, 0.5) is 5.69 Å². The maximum absolute atomic E-state index is 12.1. The number of hydrogen-bond donors (Lipinski definition) is 0. The molecule has 0 unspecified atom stereocenters. The van der Waals surface area contributed by atoms with Crippen molar-refractivity contribution < 1.29 is 4.79 Å². The molecule has 5 heteroatoms. The average molecular weight is 417 g/mol. The fourth-order valence-corrected chi connectivity index (χ4v) is 4.99. The summed E-state index contributed by atoms with van der Waals surface area (Å²) in [6, 6.07) is 18.7. The summed E-state index contributed by atoms with van der Waals surface area (Å²) in [6.07, 6.45) is 5.07. The summed E-state index contributed by atoms with van der Waals surface area (Å²) in [4.78, 5) is 19.3. The number of benzene rings is 2. The lowest BCUT2D eigenvalue weighted by Crippen LogP contribution is -2.55. The molecule has 0 amide bonds. The Hall–Kier alpha value is -2.68. The summed E-state index contributed by atoms with van der Waals surface area (Å²) in [7, 11) is 2.11. The highest BCUT2D eigenvalue weighted by Gasteiger charge is 2.38. The number of nitriles is 1. The number of fused-ring (bicyclic) bond motifs is 1. The third kappa shape index (κ3) is 4.81. The minimum absolute atomic E-state index is 0.363. The molecule has 31 heavy (non-hydrogen) atoms. The largest absolute Gasteiger partial charge is 0.371 e. The van der Waals surface area contributed by atoms with E-state index >= 15 is 0 Å². The molecule has 0 radical (unpaired) electrons. The molecular formula is C26H32N4O. The fraction of sp³-hybridized carbons (Fsp3) is 0.462. The number of piperidine rings is 1. The summed E-state index contributed by atoms with van der Waals surface area (Å²) in [5.41, 5.74) is 4.40. The van der Waals surface area contributed by atoms with Crippen LogP contribution in [0.2, 0.25) is 0 Å². The molecular weight excluding hydrogens is 384 g/mol. The van der Waals surface area contributed by atoms with Gasteiger partial charge in [-0.1, -0.05) is 24.3 Å². The molecule has 0 bridgehead atoms. The van der Waals surface area contributed by atoms with Crippen molar-refractivity contribution in [1.29, 1.82) is 5.26 Å². The standard InChI is InChI=1S/C26H32N4O/c1-28(14-4-15-29-16-11-23-5-2-3-6-24(23)20-29)26(21-31)12-17-30(18-13-26)25-9-7-22(19-27)8-10-25/h2-3,5-10,21H,4,11-18,20H2,1H3. The minimum Gasteiger partial charge on any atom is -0.371 e. The number of carbonyl (C=O) groups excluding carboxylic acids is 1. The summed E-state index contributed by atoms with van der Waals surface area (Å²) in [5.74, 6) is 0. The second-order valence-corrected chi connectivity index (χ2v) is 8.94. The molecule has 5 nitrogen and oxygen atoms in total. The molecule has 4 rings (SSSR count). The third-order valence-electron chi connectivity index (χ3n) is 7.15. The van der Waals surface area contributed by atoms with E-state index < -0.39 is 0 Å². The molecule has 162 valence electrons.